The molecule has 1 rings (SSSR count). The molecule has 0 aromatic carbocycles. The largest absolute Gasteiger partial charge is 0.357 e. The van der Waals surface area contributed by atoms with Crippen LogP contribution >= 0.6 is 24.0 Å². The molecule has 0 atom stereocenters. The summed E-state index contributed by atoms with van der Waals surface area (Å²) in [4.78, 5) is 8.78. The van der Waals surface area contributed by atoms with Crippen LogP contribution in [0.4, 0.5) is 0 Å². The summed E-state index contributed by atoms with van der Waals surface area (Å²) >= 11 is 0. The molecule has 20 heavy (non-hydrogen) atoms. The van der Waals surface area contributed by atoms with E-state index in [0.29, 0.717) is 6.04 Å². The Balaban J connectivity index is 0.00000361. The summed E-state index contributed by atoms with van der Waals surface area (Å²) in [7, 11) is 0. The predicted molar refractivity (Wildman–Crippen MR) is 95.9 cm³/mol. The van der Waals surface area contributed by atoms with Gasteiger partial charge < -0.3 is 15.2 Å². The van der Waals surface area contributed by atoms with Crippen molar-refractivity contribution in [3.8, 4) is 0 Å². The standard InChI is InChI=1S/C14H27N5.HI/c1-5-15-14(18-12(2)3)17-8-6-7-10-19-11-9-16-13(19)4;/h9,11-12H,5-8,10H2,1-4H3,(H2,15,17,18);1H. The second-order valence-electron chi connectivity index (χ2n) is 4.93. The number of nitrogens with one attached hydrogen (secondary N) is 2. The highest BCUT2D eigenvalue weighted by molar-refractivity contribution is 14.0. The molecular formula is C14H28IN5. The van der Waals surface area contributed by atoms with Crippen molar-refractivity contribution in [1.82, 2.24) is 20.2 Å². The molecule has 0 aliphatic heterocycles. The van der Waals surface area contributed by atoms with E-state index in [-0.39, 0.29) is 24.0 Å². The Morgan fingerprint density at radius 1 is 1.40 bits per heavy atom. The minimum Gasteiger partial charge on any atom is -0.357 e. The van der Waals surface area contributed by atoms with Gasteiger partial charge in [0, 0.05) is 38.1 Å². The summed E-state index contributed by atoms with van der Waals surface area (Å²) in [5.74, 6) is 2.00. The van der Waals surface area contributed by atoms with Crippen molar-refractivity contribution in [1.29, 1.82) is 0 Å². The molecule has 0 amide bonds. The molecule has 0 aliphatic rings. The Bertz CT molecular complexity index is 387. The lowest BCUT2D eigenvalue weighted by molar-refractivity contribution is 0.599. The first-order chi connectivity index (χ1) is 9.13. The fourth-order valence-corrected chi connectivity index (χ4v) is 1.82. The molecule has 0 saturated heterocycles. The van der Waals surface area contributed by atoms with Gasteiger partial charge in [-0.25, -0.2) is 4.98 Å². The van der Waals surface area contributed by atoms with Gasteiger partial charge in [0.1, 0.15) is 5.82 Å². The number of imidazole rings is 1. The maximum absolute atomic E-state index is 4.56. The lowest BCUT2D eigenvalue weighted by Gasteiger charge is -2.13. The number of hydrogen-bond acceptors (Lipinski definition) is 2. The number of rotatable bonds is 7. The minimum absolute atomic E-state index is 0. The van der Waals surface area contributed by atoms with E-state index in [1.54, 1.807) is 0 Å². The molecule has 0 radical (unpaired) electrons. The van der Waals surface area contributed by atoms with Gasteiger partial charge in [-0.3, -0.25) is 4.99 Å². The van der Waals surface area contributed by atoms with E-state index in [1.807, 2.05) is 19.3 Å². The Morgan fingerprint density at radius 2 is 2.15 bits per heavy atom. The molecule has 0 fully saturated rings. The van der Waals surface area contributed by atoms with Crippen LogP contribution in [0.2, 0.25) is 0 Å². The first kappa shape index (κ1) is 19.2. The van der Waals surface area contributed by atoms with Crippen molar-refractivity contribution in [3.63, 3.8) is 0 Å². The van der Waals surface area contributed by atoms with E-state index in [9.17, 15) is 0 Å². The zero-order valence-corrected chi connectivity index (χ0v) is 15.3. The van der Waals surface area contributed by atoms with Crippen molar-refractivity contribution < 1.29 is 0 Å². The second-order valence-corrected chi connectivity index (χ2v) is 4.93. The molecular weight excluding hydrogens is 365 g/mol. The molecule has 5 nitrogen and oxygen atoms in total. The zero-order valence-electron chi connectivity index (χ0n) is 13.0. The number of aromatic nitrogens is 2. The average Bonchev–Trinajstić information content (AvgIpc) is 2.74. The van der Waals surface area contributed by atoms with E-state index in [1.165, 1.54) is 0 Å². The van der Waals surface area contributed by atoms with E-state index in [2.05, 4.69) is 45.9 Å². The summed E-state index contributed by atoms with van der Waals surface area (Å²) in [5, 5.41) is 6.57. The fraction of sp³-hybridized carbons (Fsp3) is 0.714. The number of guanidine groups is 1. The predicted octanol–water partition coefficient (Wildman–Crippen LogP) is 2.55. The van der Waals surface area contributed by atoms with Gasteiger partial charge in [0.05, 0.1) is 0 Å². The number of aryl methyl sites for hydroxylation is 2. The highest BCUT2D eigenvalue weighted by Gasteiger charge is 1.99. The van der Waals surface area contributed by atoms with Gasteiger partial charge in [0.2, 0.25) is 0 Å². The monoisotopic (exact) mass is 393 g/mol. The molecule has 0 bridgehead atoms. The van der Waals surface area contributed by atoms with Crippen molar-refractivity contribution in [2.45, 2.75) is 53.1 Å². The van der Waals surface area contributed by atoms with Crippen LogP contribution in [0.15, 0.2) is 17.4 Å². The molecule has 2 N–H and O–H groups in total. The first-order valence-electron chi connectivity index (χ1n) is 7.16. The zero-order chi connectivity index (χ0) is 14.1. The lowest BCUT2D eigenvalue weighted by atomic mass is 10.3. The van der Waals surface area contributed by atoms with Crippen molar-refractivity contribution in [2.75, 3.05) is 13.1 Å². The van der Waals surface area contributed by atoms with Crippen molar-refractivity contribution in [2.24, 2.45) is 4.99 Å². The summed E-state index contributed by atoms with van der Waals surface area (Å²) in [6.45, 7) is 11.1. The van der Waals surface area contributed by atoms with Crippen LogP contribution in [-0.2, 0) is 6.54 Å². The third-order valence-electron chi connectivity index (χ3n) is 2.77. The normalized spacial score (nSPS) is 11.3. The van der Waals surface area contributed by atoms with Crippen LogP contribution < -0.4 is 10.6 Å². The number of unbranched alkanes of at least 4 members (excludes halogenated alkanes) is 1. The number of hydrogen-bond donors (Lipinski definition) is 2. The maximum atomic E-state index is 4.56. The summed E-state index contributed by atoms with van der Waals surface area (Å²) in [5.41, 5.74) is 0. The molecule has 0 aliphatic carbocycles. The number of halogens is 1. The molecule has 0 saturated carbocycles. The summed E-state index contributed by atoms with van der Waals surface area (Å²) in [6.07, 6.45) is 6.10. The summed E-state index contributed by atoms with van der Waals surface area (Å²) in [6, 6.07) is 0.409. The number of nitrogens with zero attached hydrogens (tertiary/aromatic N) is 3. The van der Waals surface area contributed by atoms with Gasteiger partial charge in [-0.05, 0) is 40.5 Å². The smallest absolute Gasteiger partial charge is 0.191 e. The summed E-state index contributed by atoms with van der Waals surface area (Å²) < 4.78 is 2.18. The average molecular weight is 393 g/mol. The van der Waals surface area contributed by atoms with Gasteiger partial charge in [-0.2, -0.15) is 0 Å². The third kappa shape index (κ3) is 7.72. The van der Waals surface area contributed by atoms with E-state index in [0.717, 1.165) is 44.3 Å². The molecule has 0 unspecified atom stereocenters. The molecule has 1 aromatic rings. The molecule has 6 heteroatoms. The second kappa shape index (κ2) is 10.9. The van der Waals surface area contributed by atoms with Crippen molar-refractivity contribution in [3.05, 3.63) is 18.2 Å². The third-order valence-corrected chi connectivity index (χ3v) is 2.77. The fourth-order valence-electron chi connectivity index (χ4n) is 1.82. The Kier molecular flexibility index (Phi) is 10.5. The van der Waals surface area contributed by atoms with Crippen LogP contribution in [0.3, 0.4) is 0 Å². The molecule has 116 valence electrons. The van der Waals surface area contributed by atoms with Gasteiger partial charge in [0.15, 0.2) is 5.96 Å². The van der Waals surface area contributed by atoms with Gasteiger partial charge >= 0.3 is 0 Å². The Labute approximate surface area is 139 Å². The Hall–Kier alpha value is -0.790. The Morgan fingerprint density at radius 3 is 2.70 bits per heavy atom. The van der Waals surface area contributed by atoms with Crippen LogP contribution in [0.25, 0.3) is 0 Å². The van der Waals surface area contributed by atoms with Gasteiger partial charge in [0.25, 0.3) is 0 Å². The number of aliphatic imine (C=N–C) groups is 1. The van der Waals surface area contributed by atoms with Crippen molar-refractivity contribution >= 4 is 29.9 Å². The molecule has 0 spiro atoms. The first-order valence-corrected chi connectivity index (χ1v) is 7.16. The van der Waals surface area contributed by atoms with E-state index in [4.69, 9.17) is 0 Å². The highest BCUT2D eigenvalue weighted by Crippen LogP contribution is 2.00. The van der Waals surface area contributed by atoms with E-state index < -0.39 is 0 Å². The van der Waals surface area contributed by atoms with Crippen LogP contribution in [0, 0.1) is 6.92 Å². The quantitative estimate of drug-likeness (QED) is 0.324. The van der Waals surface area contributed by atoms with Gasteiger partial charge in [-0.15, -0.1) is 24.0 Å². The SMILES string of the molecule is CCNC(=NCCCCn1ccnc1C)NC(C)C.I. The molecule has 1 aromatic heterocycles. The van der Waals surface area contributed by atoms with Crippen LogP contribution in [0.1, 0.15) is 39.4 Å². The van der Waals surface area contributed by atoms with E-state index >= 15 is 0 Å². The van der Waals surface area contributed by atoms with Gasteiger partial charge in [-0.1, -0.05) is 0 Å². The maximum Gasteiger partial charge on any atom is 0.191 e. The molecule has 1 heterocycles. The lowest BCUT2D eigenvalue weighted by Crippen LogP contribution is -2.41. The highest BCUT2D eigenvalue weighted by atomic mass is 127. The van der Waals surface area contributed by atoms with Crippen LogP contribution in [-0.4, -0.2) is 34.6 Å². The topological polar surface area (TPSA) is 54.2 Å². The van der Waals surface area contributed by atoms with Crippen LogP contribution in [0.5, 0.6) is 0 Å². The minimum atomic E-state index is 0.